The van der Waals surface area contributed by atoms with Gasteiger partial charge in [-0.25, -0.2) is 5.43 Å². The minimum absolute atomic E-state index is 0.0533. The van der Waals surface area contributed by atoms with E-state index in [2.05, 4.69) is 21.2 Å². The molecule has 6 N–H and O–H groups in total. The van der Waals surface area contributed by atoms with Crippen LogP contribution in [0.2, 0.25) is 0 Å². The highest BCUT2D eigenvalue weighted by Gasteiger charge is 2.19. The number of benzene rings is 2. The summed E-state index contributed by atoms with van der Waals surface area (Å²) < 4.78 is 5.70. The van der Waals surface area contributed by atoms with E-state index in [0.29, 0.717) is 37.2 Å². The predicted molar refractivity (Wildman–Crippen MR) is 132 cm³/mol. The van der Waals surface area contributed by atoms with Crippen LogP contribution >= 0.6 is 0 Å². The predicted octanol–water partition coefficient (Wildman–Crippen LogP) is 1.93. The number of hydrogen-bond acceptors (Lipinski definition) is 7. The normalized spacial score (nSPS) is 14.7. The Balaban J connectivity index is 1.42. The van der Waals surface area contributed by atoms with E-state index in [1.807, 2.05) is 45.0 Å². The molecule has 1 aliphatic rings. The third-order valence-corrected chi connectivity index (χ3v) is 5.56. The van der Waals surface area contributed by atoms with Crippen LogP contribution in [0.3, 0.4) is 0 Å². The van der Waals surface area contributed by atoms with E-state index in [0.717, 1.165) is 22.5 Å². The molecular weight excluding hydrogens is 434 g/mol. The zero-order chi connectivity index (χ0) is 24.7. The zero-order valence-corrected chi connectivity index (χ0v) is 19.9. The number of ether oxygens (including phenoxy) is 1. The monoisotopic (exact) mass is 467 g/mol. The SMILES string of the molecule is Cc1cc(C(N)=O)ccc1OCC(O)CNC(C)(C)CNc1ccc(C2=NNC(=O)CC2)cc1. The standard InChI is InChI=1S/C25H33N5O4/c1-16-12-18(24(26)33)6-10-22(16)34-14-20(31)13-28-25(2,3)15-27-19-7-4-17(5-8-19)21-9-11-23(32)30-29-21/h4-8,10,12,20,27-28,31H,9,11,13-15H2,1-3H3,(H2,26,33)(H,30,32). The Morgan fingerprint density at radius 1 is 1.24 bits per heavy atom. The lowest BCUT2D eigenvalue weighted by molar-refractivity contribution is -0.121. The third kappa shape index (κ3) is 7.29. The largest absolute Gasteiger partial charge is 0.491 e. The first-order valence-electron chi connectivity index (χ1n) is 11.3. The lowest BCUT2D eigenvalue weighted by atomic mass is 10.0. The van der Waals surface area contributed by atoms with Crippen LogP contribution in [0, 0.1) is 6.92 Å². The molecule has 0 fully saturated rings. The summed E-state index contributed by atoms with van der Waals surface area (Å²) >= 11 is 0. The molecule has 1 aliphatic heterocycles. The number of amides is 2. The molecule has 1 unspecified atom stereocenters. The van der Waals surface area contributed by atoms with Gasteiger partial charge in [0.25, 0.3) is 0 Å². The molecule has 1 atom stereocenters. The molecule has 2 amide bonds. The van der Waals surface area contributed by atoms with Gasteiger partial charge in [0.1, 0.15) is 18.5 Å². The third-order valence-electron chi connectivity index (χ3n) is 5.56. The van der Waals surface area contributed by atoms with Gasteiger partial charge in [0.05, 0.1) is 5.71 Å². The Kier molecular flexibility index (Phi) is 8.25. The van der Waals surface area contributed by atoms with Gasteiger partial charge in [0.15, 0.2) is 0 Å². The number of carbonyl (C=O) groups excluding carboxylic acids is 2. The van der Waals surface area contributed by atoms with Crippen LogP contribution in [0.1, 0.15) is 48.2 Å². The summed E-state index contributed by atoms with van der Waals surface area (Å²) in [5.41, 5.74) is 11.6. The average Bonchev–Trinajstić information content (AvgIpc) is 2.81. The number of nitrogens with zero attached hydrogens (tertiary/aromatic N) is 1. The van der Waals surface area contributed by atoms with Crippen LogP contribution in [-0.2, 0) is 4.79 Å². The minimum atomic E-state index is -0.703. The minimum Gasteiger partial charge on any atom is -0.491 e. The summed E-state index contributed by atoms with van der Waals surface area (Å²) in [6.45, 7) is 7.05. The molecule has 1 heterocycles. The van der Waals surface area contributed by atoms with Crippen LogP contribution in [0.5, 0.6) is 5.75 Å². The number of aliphatic hydroxyl groups excluding tert-OH is 1. The second-order valence-electron chi connectivity index (χ2n) is 9.10. The van der Waals surface area contributed by atoms with Crippen LogP contribution in [-0.4, -0.2) is 54.0 Å². The van der Waals surface area contributed by atoms with E-state index in [9.17, 15) is 14.7 Å². The van der Waals surface area contributed by atoms with Gasteiger partial charge < -0.3 is 26.2 Å². The van der Waals surface area contributed by atoms with Crippen LogP contribution < -0.4 is 26.5 Å². The van der Waals surface area contributed by atoms with E-state index in [4.69, 9.17) is 10.5 Å². The number of aliphatic hydroxyl groups is 1. The van der Waals surface area contributed by atoms with Crippen molar-refractivity contribution >= 4 is 23.2 Å². The quantitative estimate of drug-likeness (QED) is 0.342. The first-order valence-corrected chi connectivity index (χ1v) is 11.3. The fourth-order valence-corrected chi connectivity index (χ4v) is 3.45. The Morgan fingerprint density at radius 2 is 1.97 bits per heavy atom. The number of primary amides is 1. The Morgan fingerprint density at radius 3 is 2.59 bits per heavy atom. The van der Waals surface area contributed by atoms with Gasteiger partial charge in [-0.15, -0.1) is 0 Å². The van der Waals surface area contributed by atoms with Crippen molar-refractivity contribution in [2.45, 2.75) is 45.3 Å². The zero-order valence-electron chi connectivity index (χ0n) is 19.9. The molecule has 9 heteroatoms. The first kappa shape index (κ1) is 25.2. The summed E-state index contributed by atoms with van der Waals surface area (Å²) in [5, 5.41) is 21.2. The number of β-amino-alcohol motifs (C(OH)–C–C–N with tert-alkyl or cyclic N) is 1. The second-order valence-corrected chi connectivity index (χ2v) is 9.10. The average molecular weight is 468 g/mol. The summed E-state index contributed by atoms with van der Waals surface area (Å²) in [7, 11) is 0. The highest BCUT2D eigenvalue weighted by Crippen LogP contribution is 2.19. The van der Waals surface area contributed by atoms with Crippen molar-refractivity contribution in [3.63, 3.8) is 0 Å². The van der Waals surface area contributed by atoms with E-state index >= 15 is 0 Å². The highest BCUT2D eigenvalue weighted by molar-refractivity contribution is 6.04. The molecule has 0 saturated carbocycles. The van der Waals surface area contributed by atoms with Crippen molar-refractivity contribution < 1.29 is 19.4 Å². The van der Waals surface area contributed by atoms with Crippen LogP contribution in [0.25, 0.3) is 0 Å². The second kappa shape index (κ2) is 11.1. The van der Waals surface area contributed by atoms with Gasteiger partial charge in [-0.05, 0) is 62.2 Å². The number of hydrazone groups is 1. The van der Waals surface area contributed by atoms with Crippen molar-refractivity contribution in [2.24, 2.45) is 10.8 Å². The van der Waals surface area contributed by atoms with Crippen molar-refractivity contribution in [1.29, 1.82) is 0 Å². The number of hydrogen-bond donors (Lipinski definition) is 5. The molecular formula is C25H33N5O4. The number of nitrogens with two attached hydrogens (primary N) is 1. The molecule has 182 valence electrons. The topological polar surface area (TPSA) is 138 Å². The van der Waals surface area contributed by atoms with Gasteiger partial charge in [0, 0.05) is 42.7 Å². The fraction of sp³-hybridized carbons (Fsp3) is 0.400. The maximum atomic E-state index is 11.3. The Hall–Kier alpha value is -3.43. The van der Waals surface area contributed by atoms with Crippen LogP contribution in [0.15, 0.2) is 47.6 Å². The summed E-state index contributed by atoms with van der Waals surface area (Å²) in [6.07, 6.45) is 0.391. The van der Waals surface area contributed by atoms with E-state index in [-0.39, 0.29) is 18.1 Å². The van der Waals surface area contributed by atoms with Gasteiger partial charge in [0.2, 0.25) is 11.8 Å². The molecule has 3 rings (SSSR count). The van der Waals surface area contributed by atoms with Gasteiger partial charge in [-0.1, -0.05) is 12.1 Å². The molecule has 2 aromatic carbocycles. The number of aryl methyl sites for hydroxylation is 1. The summed E-state index contributed by atoms with van der Waals surface area (Å²) in [5.74, 6) is 0.0664. The smallest absolute Gasteiger partial charge is 0.248 e. The van der Waals surface area contributed by atoms with Crippen molar-refractivity contribution in [1.82, 2.24) is 10.7 Å². The van der Waals surface area contributed by atoms with E-state index in [1.165, 1.54) is 0 Å². The molecule has 2 aromatic rings. The maximum absolute atomic E-state index is 11.3. The molecule has 0 spiro atoms. The van der Waals surface area contributed by atoms with Gasteiger partial charge in [-0.2, -0.15) is 5.10 Å². The van der Waals surface area contributed by atoms with Gasteiger partial charge >= 0.3 is 0 Å². The molecule has 0 bridgehead atoms. The van der Waals surface area contributed by atoms with Crippen molar-refractivity contribution in [3.8, 4) is 5.75 Å². The number of rotatable bonds is 11. The number of anilines is 1. The van der Waals surface area contributed by atoms with Crippen molar-refractivity contribution in [2.75, 3.05) is 25.0 Å². The first-order chi connectivity index (χ1) is 16.1. The maximum Gasteiger partial charge on any atom is 0.248 e. The molecule has 0 aromatic heterocycles. The molecule has 0 saturated heterocycles. The molecule has 34 heavy (non-hydrogen) atoms. The lowest BCUT2D eigenvalue weighted by Gasteiger charge is -2.28. The van der Waals surface area contributed by atoms with E-state index < -0.39 is 12.0 Å². The Labute approximate surface area is 199 Å². The summed E-state index contributed by atoms with van der Waals surface area (Å²) in [6, 6.07) is 12.9. The number of carbonyl (C=O) groups is 2. The number of nitrogens with one attached hydrogen (secondary N) is 3. The Bertz CT molecular complexity index is 1050. The van der Waals surface area contributed by atoms with Gasteiger partial charge in [-0.3, -0.25) is 9.59 Å². The lowest BCUT2D eigenvalue weighted by Crippen LogP contribution is -2.49. The summed E-state index contributed by atoms with van der Waals surface area (Å²) in [4.78, 5) is 22.5. The molecule has 0 radical (unpaired) electrons. The molecule has 9 nitrogen and oxygen atoms in total. The van der Waals surface area contributed by atoms with E-state index in [1.54, 1.807) is 18.2 Å². The van der Waals surface area contributed by atoms with Crippen molar-refractivity contribution in [3.05, 3.63) is 59.2 Å². The fourth-order valence-electron chi connectivity index (χ4n) is 3.45. The molecule has 0 aliphatic carbocycles. The highest BCUT2D eigenvalue weighted by atomic mass is 16.5. The van der Waals surface area contributed by atoms with Crippen LogP contribution in [0.4, 0.5) is 5.69 Å².